The Labute approximate surface area is 108 Å². The first-order chi connectivity index (χ1) is 8.70. The van der Waals surface area contributed by atoms with Crippen molar-refractivity contribution in [2.45, 2.75) is 32.2 Å². The molecule has 0 radical (unpaired) electrons. The molecule has 2 heterocycles. The van der Waals surface area contributed by atoms with Crippen molar-refractivity contribution in [1.29, 1.82) is 0 Å². The molecule has 1 fully saturated rings. The minimum atomic E-state index is 0.0328. The number of carbonyl (C=O) groups is 1. The second-order valence-corrected chi connectivity index (χ2v) is 4.91. The van der Waals surface area contributed by atoms with Crippen molar-refractivity contribution in [3.8, 4) is 0 Å². The molecule has 1 aliphatic heterocycles. The number of rotatable bonds is 4. The van der Waals surface area contributed by atoms with Gasteiger partial charge in [0.2, 0.25) is 0 Å². The number of amides is 1. The Kier molecular flexibility index (Phi) is 4.36. The molecule has 100 valence electrons. The Bertz CT molecular complexity index is 395. The first-order valence-corrected chi connectivity index (χ1v) is 6.71. The fourth-order valence-corrected chi connectivity index (χ4v) is 2.39. The van der Waals surface area contributed by atoms with Crippen LogP contribution in [0.3, 0.4) is 0 Å². The van der Waals surface area contributed by atoms with E-state index in [9.17, 15) is 4.79 Å². The van der Waals surface area contributed by atoms with Crippen LogP contribution < -0.4 is 5.32 Å². The summed E-state index contributed by atoms with van der Waals surface area (Å²) < 4.78 is 1.81. The van der Waals surface area contributed by atoms with Crippen LogP contribution in [0.25, 0.3) is 0 Å². The van der Waals surface area contributed by atoms with Crippen LogP contribution in [0.2, 0.25) is 0 Å². The van der Waals surface area contributed by atoms with Crippen LogP contribution in [-0.2, 0) is 7.05 Å². The van der Waals surface area contributed by atoms with Gasteiger partial charge in [-0.3, -0.25) is 4.79 Å². The van der Waals surface area contributed by atoms with E-state index >= 15 is 0 Å². The molecule has 1 unspecified atom stereocenters. The fourth-order valence-electron chi connectivity index (χ4n) is 2.39. The Balaban J connectivity index is 1.97. The summed E-state index contributed by atoms with van der Waals surface area (Å²) in [7, 11) is 1.88. The molecule has 0 aromatic carbocycles. The molecular weight excluding hydrogens is 228 g/mol. The van der Waals surface area contributed by atoms with Crippen LogP contribution >= 0.6 is 0 Å². The zero-order chi connectivity index (χ0) is 13.0. The van der Waals surface area contributed by atoms with Crippen LogP contribution in [0.1, 0.15) is 36.7 Å². The predicted octanol–water partition coefficient (Wildman–Crippen LogP) is 1.02. The SMILES string of the molecule is CCN(CC1CCCCN1)C(=O)c1cn(C)cn1. The highest BCUT2D eigenvalue weighted by Crippen LogP contribution is 2.10. The number of hydrogen-bond donors (Lipinski definition) is 1. The molecule has 1 aromatic rings. The van der Waals surface area contributed by atoms with E-state index in [4.69, 9.17) is 0 Å². The second kappa shape index (κ2) is 6.00. The maximum absolute atomic E-state index is 12.3. The molecular formula is C13H22N4O. The molecule has 0 bridgehead atoms. The van der Waals surface area contributed by atoms with Gasteiger partial charge in [0.05, 0.1) is 6.33 Å². The lowest BCUT2D eigenvalue weighted by Crippen LogP contribution is -2.45. The van der Waals surface area contributed by atoms with E-state index in [1.165, 1.54) is 12.8 Å². The maximum Gasteiger partial charge on any atom is 0.274 e. The van der Waals surface area contributed by atoms with Crippen LogP contribution in [0.4, 0.5) is 0 Å². The summed E-state index contributed by atoms with van der Waals surface area (Å²) in [6.07, 6.45) is 7.11. The number of likely N-dealkylation sites (N-methyl/N-ethyl adjacent to an activating group) is 1. The third kappa shape index (κ3) is 3.10. The molecule has 5 heteroatoms. The lowest BCUT2D eigenvalue weighted by Gasteiger charge is -2.29. The summed E-state index contributed by atoms with van der Waals surface area (Å²) >= 11 is 0. The van der Waals surface area contributed by atoms with Gasteiger partial charge in [-0.05, 0) is 26.3 Å². The number of aromatic nitrogens is 2. The van der Waals surface area contributed by atoms with E-state index in [0.717, 1.165) is 26.1 Å². The van der Waals surface area contributed by atoms with Crippen molar-refractivity contribution in [3.05, 3.63) is 18.2 Å². The van der Waals surface area contributed by atoms with Crippen molar-refractivity contribution in [1.82, 2.24) is 19.8 Å². The maximum atomic E-state index is 12.3. The minimum Gasteiger partial charge on any atom is -0.340 e. The standard InChI is InChI=1S/C13H22N4O/c1-3-17(8-11-6-4-5-7-14-11)13(18)12-9-16(2)10-15-12/h9-11,14H,3-8H2,1-2H3. The zero-order valence-corrected chi connectivity index (χ0v) is 11.2. The number of nitrogens with zero attached hydrogens (tertiary/aromatic N) is 3. The average molecular weight is 250 g/mol. The van der Waals surface area contributed by atoms with E-state index < -0.39 is 0 Å². The highest BCUT2D eigenvalue weighted by Gasteiger charge is 2.21. The first kappa shape index (κ1) is 13.1. The summed E-state index contributed by atoms with van der Waals surface area (Å²) in [6, 6.07) is 0.436. The van der Waals surface area contributed by atoms with Crippen molar-refractivity contribution < 1.29 is 4.79 Å². The van der Waals surface area contributed by atoms with Gasteiger partial charge in [0, 0.05) is 32.4 Å². The van der Waals surface area contributed by atoms with E-state index in [0.29, 0.717) is 11.7 Å². The van der Waals surface area contributed by atoms with Gasteiger partial charge in [0.1, 0.15) is 5.69 Å². The number of hydrogen-bond acceptors (Lipinski definition) is 3. The fraction of sp³-hybridized carbons (Fsp3) is 0.692. The molecule has 1 amide bonds. The summed E-state index contributed by atoms with van der Waals surface area (Å²) in [6.45, 7) is 4.60. The van der Waals surface area contributed by atoms with Crippen molar-refractivity contribution in [2.24, 2.45) is 7.05 Å². The van der Waals surface area contributed by atoms with Crippen molar-refractivity contribution >= 4 is 5.91 Å². The van der Waals surface area contributed by atoms with Gasteiger partial charge in [-0.2, -0.15) is 0 Å². The molecule has 0 aliphatic carbocycles. The number of imidazole rings is 1. The third-order valence-electron chi connectivity index (χ3n) is 3.45. The molecule has 18 heavy (non-hydrogen) atoms. The lowest BCUT2D eigenvalue weighted by atomic mass is 10.0. The van der Waals surface area contributed by atoms with Gasteiger partial charge in [-0.1, -0.05) is 6.42 Å². The molecule has 2 rings (SSSR count). The van der Waals surface area contributed by atoms with Crippen molar-refractivity contribution in [3.63, 3.8) is 0 Å². The van der Waals surface area contributed by atoms with E-state index in [2.05, 4.69) is 10.3 Å². The van der Waals surface area contributed by atoms with Gasteiger partial charge < -0.3 is 14.8 Å². The Morgan fingerprint density at radius 2 is 2.44 bits per heavy atom. The number of aryl methyl sites for hydroxylation is 1. The Morgan fingerprint density at radius 1 is 1.61 bits per heavy atom. The van der Waals surface area contributed by atoms with Crippen LogP contribution in [-0.4, -0.2) is 46.0 Å². The topological polar surface area (TPSA) is 50.2 Å². The highest BCUT2D eigenvalue weighted by molar-refractivity contribution is 5.92. The molecule has 1 aromatic heterocycles. The summed E-state index contributed by atoms with van der Waals surface area (Å²) in [4.78, 5) is 18.3. The number of piperidine rings is 1. The molecule has 1 aliphatic rings. The van der Waals surface area contributed by atoms with Gasteiger partial charge in [-0.15, -0.1) is 0 Å². The summed E-state index contributed by atoms with van der Waals surface area (Å²) in [5, 5.41) is 3.48. The Hall–Kier alpha value is -1.36. The number of carbonyl (C=O) groups excluding carboxylic acids is 1. The third-order valence-corrected chi connectivity index (χ3v) is 3.45. The molecule has 5 nitrogen and oxygen atoms in total. The molecule has 0 saturated carbocycles. The molecule has 1 saturated heterocycles. The lowest BCUT2D eigenvalue weighted by molar-refractivity contribution is 0.0736. The van der Waals surface area contributed by atoms with Crippen LogP contribution in [0, 0.1) is 0 Å². The minimum absolute atomic E-state index is 0.0328. The van der Waals surface area contributed by atoms with Gasteiger partial charge >= 0.3 is 0 Å². The molecule has 1 atom stereocenters. The van der Waals surface area contributed by atoms with E-state index in [1.54, 1.807) is 17.1 Å². The monoisotopic (exact) mass is 250 g/mol. The van der Waals surface area contributed by atoms with Gasteiger partial charge in [0.25, 0.3) is 5.91 Å². The predicted molar refractivity (Wildman–Crippen MR) is 70.4 cm³/mol. The smallest absolute Gasteiger partial charge is 0.274 e. The zero-order valence-electron chi connectivity index (χ0n) is 11.2. The highest BCUT2D eigenvalue weighted by atomic mass is 16.2. The molecule has 1 N–H and O–H groups in total. The quantitative estimate of drug-likeness (QED) is 0.868. The first-order valence-electron chi connectivity index (χ1n) is 6.71. The van der Waals surface area contributed by atoms with Gasteiger partial charge in [0.15, 0.2) is 0 Å². The van der Waals surface area contributed by atoms with Crippen molar-refractivity contribution in [2.75, 3.05) is 19.6 Å². The van der Waals surface area contributed by atoms with Crippen LogP contribution in [0.5, 0.6) is 0 Å². The molecule has 0 spiro atoms. The van der Waals surface area contributed by atoms with E-state index in [1.807, 2.05) is 18.9 Å². The number of nitrogens with one attached hydrogen (secondary N) is 1. The van der Waals surface area contributed by atoms with Crippen LogP contribution in [0.15, 0.2) is 12.5 Å². The summed E-state index contributed by atoms with van der Waals surface area (Å²) in [5.41, 5.74) is 0.537. The average Bonchev–Trinajstić information content (AvgIpc) is 2.83. The largest absolute Gasteiger partial charge is 0.340 e. The Morgan fingerprint density at radius 3 is 3.00 bits per heavy atom. The van der Waals surface area contributed by atoms with Gasteiger partial charge in [-0.25, -0.2) is 4.98 Å². The van der Waals surface area contributed by atoms with E-state index in [-0.39, 0.29) is 5.91 Å². The summed E-state index contributed by atoms with van der Waals surface area (Å²) in [5.74, 6) is 0.0328. The normalized spacial score (nSPS) is 19.8. The second-order valence-electron chi connectivity index (χ2n) is 4.91.